The first-order chi connectivity index (χ1) is 17.1. The molecule has 1 N–H and O–H groups in total. The van der Waals surface area contributed by atoms with Gasteiger partial charge in [0.2, 0.25) is 11.8 Å². The number of morpholine rings is 1. The number of hydrogen-bond donors (Lipinski definition) is 1. The average molecular weight is 493 g/mol. The fourth-order valence-corrected chi connectivity index (χ4v) is 5.94. The smallest absolute Gasteiger partial charge is 0.246 e. The minimum atomic E-state index is -0.507. The van der Waals surface area contributed by atoms with E-state index in [0.717, 1.165) is 67.0 Å². The number of carbonyl (C=O) groups is 2. The van der Waals surface area contributed by atoms with Crippen LogP contribution >= 0.6 is 11.6 Å². The van der Waals surface area contributed by atoms with Crippen molar-refractivity contribution in [1.82, 2.24) is 19.7 Å². The zero-order chi connectivity index (χ0) is 23.9. The lowest BCUT2D eigenvalue weighted by Crippen LogP contribution is -2.63. The quantitative estimate of drug-likeness (QED) is 0.593. The zero-order valence-corrected chi connectivity index (χ0v) is 20.3. The third-order valence-corrected chi connectivity index (χ3v) is 7.79. The molecule has 4 heterocycles. The molecule has 3 aromatic rings. The predicted octanol–water partition coefficient (Wildman–Crippen LogP) is 3.23. The van der Waals surface area contributed by atoms with Crippen LogP contribution < -0.4 is 0 Å². The van der Waals surface area contributed by atoms with Crippen LogP contribution in [-0.4, -0.2) is 83.5 Å². The predicted molar refractivity (Wildman–Crippen MR) is 134 cm³/mol. The molecule has 3 aliphatic rings. The molecule has 2 unspecified atom stereocenters. The Bertz CT molecular complexity index is 1250. The number of piperazine rings is 1. The first kappa shape index (κ1) is 22.6. The molecule has 2 amide bonds. The van der Waals surface area contributed by atoms with Crippen LogP contribution in [0.3, 0.4) is 0 Å². The van der Waals surface area contributed by atoms with Crippen LogP contribution in [0.4, 0.5) is 0 Å². The number of hydrogen-bond acceptors (Lipinski definition) is 4. The summed E-state index contributed by atoms with van der Waals surface area (Å²) in [7, 11) is 0. The fourth-order valence-electron chi connectivity index (χ4n) is 5.81. The number of aromatic amines is 1. The molecule has 0 bridgehead atoms. The Kier molecular flexibility index (Phi) is 6.00. The third-order valence-electron chi connectivity index (χ3n) is 7.53. The van der Waals surface area contributed by atoms with E-state index in [0.29, 0.717) is 18.0 Å². The number of carbonyl (C=O) groups excluding carboxylic acids is 2. The summed E-state index contributed by atoms with van der Waals surface area (Å²) in [5.74, 6) is 0.0340. The minimum absolute atomic E-state index is 0.00905. The van der Waals surface area contributed by atoms with Gasteiger partial charge in [0.15, 0.2) is 0 Å². The van der Waals surface area contributed by atoms with E-state index in [1.165, 1.54) is 0 Å². The number of aromatic nitrogens is 1. The largest absolute Gasteiger partial charge is 0.379 e. The molecule has 2 atom stereocenters. The lowest BCUT2D eigenvalue weighted by molar-refractivity contribution is -0.158. The topological polar surface area (TPSA) is 68.9 Å². The van der Waals surface area contributed by atoms with E-state index in [9.17, 15) is 9.59 Å². The van der Waals surface area contributed by atoms with Crippen molar-refractivity contribution in [2.75, 3.05) is 45.9 Å². The molecule has 7 nitrogen and oxygen atoms in total. The number of H-pyrrole nitrogens is 1. The van der Waals surface area contributed by atoms with Gasteiger partial charge in [0.05, 0.1) is 25.8 Å². The molecule has 1 aromatic heterocycles. The van der Waals surface area contributed by atoms with Gasteiger partial charge in [0, 0.05) is 54.2 Å². The van der Waals surface area contributed by atoms with Crippen molar-refractivity contribution in [1.29, 1.82) is 0 Å². The second kappa shape index (κ2) is 9.30. The van der Waals surface area contributed by atoms with Crippen LogP contribution in [-0.2, 0) is 20.7 Å². The van der Waals surface area contributed by atoms with Gasteiger partial charge in [-0.2, -0.15) is 0 Å². The third kappa shape index (κ3) is 4.11. The molecule has 0 radical (unpaired) electrons. The summed E-state index contributed by atoms with van der Waals surface area (Å²) in [5, 5.41) is 1.76. The van der Waals surface area contributed by atoms with Crippen molar-refractivity contribution in [3.05, 3.63) is 70.4 Å². The van der Waals surface area contributed by atoms with Crippen LogP contribution in [0.2, 0.25) is 5.02 Å². The van der Waals surface area contributed by atoms with Gasteiger partial charge in [-0.1, -0.05) is 41.9 Å². The molecule has 35 heavy (non-hydrogen) atoms. The average Bonchev–Trinajstić information content (AvgIpc) is 3.25. The van der Waals surface area contributed by atoms with E-state index in [1.54, 1.807) is 4.90 Å². The molecular formula is C27H29ClN4O3. The number of ether oxygens (including phenoxy) is 1. The highest BCUT2D eigenvalue weighted by Crippen LogP contribution is 2.42. The lowest BCUT2D eigenvalue weighted by atomic mass is 9.86. The number of benzene rings is 2. The highest BCUT2D eigenvalue weighted by atomic mass is 35.5. The summed E-state index contributed by atoms with van der Waals surface area (Å²) in [5.41, 5.74) is 4.09. The van der Waals surface area contributed by atoms with Gasteiger partial charge in [0.25, 0.3) is 0 Å². The van der Waals surface area contributed by atoms with Crippen molar-refractivity contribution in [2.45, 2.75) is 24.9 Å². The molecule has 2 aromatic carbocycles. The first-order valence-electron chi connectivity index (χ1n) is 12.3. The summed E-state index contributed by atoms with van der Waals surface area (Å²) in [6, 6.07) is 14.9. The summed E-state index contributed by atoms with van der Waals surface area (Å²) < 4.78 is 5.43. The monoisotopic (exact) mass is 492 g/mol. The van der Waals surface area contributed by atoms with Crippen molar-refractivity contribution in [2.24, 2.45) is 0 Å². The lowest BCUT2D eigenvalue weighted by Gasteiger charge is -2.47. The maximum absolute atomic E-state index is 13.8. The number of amides is 2. The maximum atomic E-state index is 13.8. The van der Waals surface area contributed by atoms with Crippen molar-refractivity contribution < 1.29 is 14.3 Å². The Morgan fingerprint density at radius 3 is 2.57 bits per heavy atom. The van der Waals surface area contributed by atoms with Gasteiger partial charge in [-0.3, -0.25) is 14.5 Å². The van der Waals surface area contributed by atoms with Gasteiger partial charge < -0.3 is 19.5 Å². The SMILES string of the molecule is O=C1C2Cc3c([nH]c4ccccc34)C(c3ccc(Cl)cc3)N2C(=O)CN1CCCN1CCOCC1. The molecule has 2 saturated heterocycles. The number of halogens is 1. The molecular weight excluding hydrogens is 464 g/mol. The van der Waals surface area contributed by atoms with Crippen molar-refractivity contribution >= 4 is 34.3 Å². The van der Waals surface area contributed by atoms with Crippen LogP contribution in [0, 0.1) is 0 Å². The molecule has 8 heteroatoms. The molecule has 3 aliphatic heterocycles. The van der Waals surface area contributed by atoms with Gasteiger partial charge in [-0.15, -0.1) is 0 Å². The normalized spacial score (nSPS) is 23.0. The van der Waals surface area contributed by atoms with Crippen molar-refractivity contribution in [3.8, 4) is 0 Å². The Balaban J connectivity index is 1.31. The number of nitrogens with zero attached hydrogens (tertiary/aromatic N) is 3. The van der Waals surface area contributed by atoms with Crippen LogP contribution in [0.25, 0.3) is 10.9 Å². The summed E-state index contributed by atoms with van der Waals surface area (Å²) >= 11 is 6.17. The molecule has 6 rings (SSSR count). The Morgan fingerprint density at radius 2 is 1.77 bits per heavy atom. The zero-order valence-electron chi connectivity index (χ0n) is 19.6. The molecule has 0 aliphatic carbocycles. The highest BCUT2D eigenvalue weighted by Gasteiger charge is 2.48. The van der Waals surface area contributed by atoms with Crippen LogP contribution in [0.1, 0.15) is 29.3 Å². The number of fused-ring (bicyclic) bond motifs is 4. The summed E-state index contributed by atoms with van der Waals surface area (Å²) in [6.07, 6.45) is 1.37. The standard InChI is InChI=1S/C27H29ClN4O3/c28-19-8-6-18(7-9-19)26-25-21(20-4-1-2-5-22(20)29-25)16-23-27(34)31(17-24(33)32(23)26)11-3-10-30-12-14-35-15-13-30/h1-2,4-9,23,26,29H,3,10-17H2. The Labute approximate surface area is 209 Å². The fraction of sp³-hybridized carbons (Fsp3) is 0.407. The van der Waals surface area contributed by atoms with Gasteiger partial charge in [0.1, 0.15) is 6.04 Å². The molecule has 0 saturated carbocycles. The van der Waals surface area contributed by atoms with Crippen molar-refractivity contribution in [3.63, 3.8) is 0 Å². The van der Waals surface area contributed by atoms with E-state index < -0.39 is 6.04 Å². The van der Waals surface area contributed by atoms with E-state index in [2.05, 4.69) is 16.0 Å². The van der Waals surface area contributed by atoms with Gasteiger partial charge in [-0.05, 0) is 35.7 Å². The van der Waals surface area contributed by atoms with Gasteiger partial charge in [-0.25, -0.2) is 0 Å². The first-order valence-corrected chi connectivity index (χ1v) is 12.7. The Morgan fingerprint density at radius 1 is 1.00 bits per heavy atom. The van der Waals surface area contributed by atoms with E-state index >= 15 is 0 Å². The van der Waals surface area contributed by atoms with Crippen LogP contribution in [0.5, 0.6) is 0 Å². The second-order valence-electron chi connectivity index (χ2n) is 9.61. The van der Waals surface area contributed by atoms with E-state index in [-0.39, 0.29) is 24.4 Å². The van der Waals surface area contributed by atoms with Crippen LogP contribution in [0.15, 0.2) is 48.5 Å². The number of rotatable bonds is 5. The number of nitrogens with one attached hydrogen (secondary N) is 1. The summed E-state index contributed by atoms with van der Waals surface area (Å²) in [6.45, 7) is 5.01. The summed E-state index contributed by atoms with van der Waals surface area (Å²) in [4.78, 5) is 36.8. The minimum Gasteiger partial charge on any atom is -0.379 e. The van der Waals surface area contributed by atoms with Gasteiger partial charge >= 0.3 is 0 Å². The second-order valence-corrected chi connectivity index (χ2v) is 10.0. The maximum Gasteiger partial charge on any atom is 0.246 e. The molecule has 182 valence electrons. The number of para-hydroxylation sites is 1. The molecule has 2 fully saturated rings. The van der Waals surface area contributed by atoms with E-state index in [1.807, 2.05) is 47.4 Å². The molecule has 0 spiro atoms. The Hall–Kier alpha value is -2.87. The van der Waals surface area contributed by atoms with E-state index in [4.69, 9.17) is 16.3 Å². The highest BCUT2D eigenvalue weighted by molar-refractivity contribution is 6.30.